The van der Waals surface area contributed by atoms with Crippen molar-refractivity contribution in [2.45, 2.75) is 19.3 Å². The molecule has 2 amide bonds. The second-order valence-electron chi connectivity index (χ2n) is 6.72. The van der Waals surface area contributed by atoms with Gasteiger partial charge in [-0.3, -0.25) is 9.59 Å². The van der Waals surface area contributed by atoms with Crippen LogP contribution in [0.25, 0.3) is 0 Å². The molecule has 2 aromatic carbocycles. The van der Waals surface area contributed by atoms with Crippen molar-refractivity contribution in [3.63, 3.8) is 0 Å². The van der Waals surface area contributed by atoms with E-state index in [1.54, 1.807) is 18.2 Å². The van der Waals surface area contributed by atoms with Crippen LogP contribution in [0.1, 0.15) is 18.4 Å². The first kappa shape index (κ1) is 18.9. The first-order valence-electron chi connectivity index (χ1n) is 9.52. The Morgan fingerprint density at radius 3 is 2.45 bits per heavy atom. The number of aryl methyl sites for hydroxylation is 1. The van der Waals surface area contributed by atoms with Crippen molar-refractivity contribution in [3.05, 3.63) is 42.0 Å². The zero-order chi connectivity index (χ0) is 20.1. The summed E-state index contributed by atoms with van der Waals surface area (Å²) < 4.78 is 21.6. The van der Waals surface area contributed by atoms with Gasteiger partial charge in [0.15, 0.2) is 23.0 Å². The van der Waals surface area contributed by atoms with Crippen LogP contribution in [0.2, 0.25) is 0 Å². The van der Waals surface area contributed by atoms with Crippen molar-refractivity contribution < 1.29 is 28.5 Å². The molecule has 0 atom stereocenters. The van der Waals surface area contributed by atoms with Crippen LogP contribution in [0.15, 0.2) is 36.4 Å². The predicted molar refractivity (Wildman–Crippen MR) is 105 cm³/mol. The van der Waals surface area contributed by atoms with Gasteiger partial charge in [0.05, 0.1) is 6.54 Å². The van der Waals surface area contributed by atoms with Crippen LogP contribution in [0.5, 0.6) is 23.0 Å². The fourth-order valence-corrected chi connectivity index (χ4v) is 3.14. The van der Waals surface area contributed by atoms with Crippen LogP contribution < -0.4 is 29.6 Å². The Morgan fingerprint density at radius 1 is 0.828 bits per heavy atom. The number of anilines is 1. The van der Waals surface area contributed by atoms with Crippen LogP contribution in [0.4, 0.5) is 5.69 Å². The van der Waals surface area contributed by atoms with Gasteiger partial charge in [-0.2, -0.15) is 0 Å². The van der Waals surface area contributed by atoms with Crippen molar-refractivity contribution in [1.29, 1.82) is 0 Å². The molecule has 0 spiro atoms. The highest BCUT2D eigenvalue weighted by molar-refractivity contribution is 5.94. The molecule has 29 heavy (non-hydrogen) atoms. The third-order valence-electron chi connectivity index (χ3n) is 4.58. The van der Waals surface area contributed by atoms with Crippen molar-refractivity contribution >= 4 is 17.5 Å². The molecule has 4 rings (SSSR count). The minimum Gasteiger partial charge on any atom is -0.486 e. The first-order valence-corrected chi connectivity index (χ1v) is 9.52. The molecule has 0 radical (unpaired) electrons. The van der Waals surface area contributed by atoms with Crippen molar-refractivity contribution in [2.24, 2.45) is 0 Å². The largest absolute Gasteiger partial charge is 0.486 e. The Hall–Kier alpha value is -3.42. The Labute approximate surface area is 168 Å². The number of benzene rings is 2. The molecule has 0 saturated carbocycles. The quantitative estimate of drug-likeness (QED) is 0.743. The minimum atomic E-state index is -0.302. The number of fused-ring (bicyclic) bond motifs is 2. The fourth-order valence-electron chi connectivity index (χ4n) is 3.14. The lowest BCUT2D eigenvalue weighted by Gasteiger charge is -2.18. The van der Waals surface area contributed by atoms with E-state index < -0.39 is 0 Å². The Bertz CT molecular complexity index is 914. The number of ether oxygens (including phenoxy) is 4. The SMILES string of the molecule is O=C(CCCc1ccc2c(c1)OCCO2)NCC(=O)Nc1ccc2c(c1)OCO2. The molecule has 152 valence electrons. The average Bonchev–Trinajstić information content (AvgIpc) is 3.20. The average molecular weight is 398 g/mol. The van der Waals surface area contributed by atoms with Gasteiger partial charge < -0.3 is 29.6 Å². The second-order valence-corrected chi connectivity index (χ2v) is 6.72. The van der Waals surface area contributed by atoms with Crippen molar-refractivity contribution in [2.75, 3.05) is 31.9 Å². The van der Waals surface area contributed by atoms with E-state index in [2.05, 4.69) is 10.6 Å². The highest BCUT2D eigenvalue weighted by Gasteiger charge is 2.15. The smallest absolute Gasteiger partial charge is 0.243 e. The lowest BCUT2D eigenvalue weighted by atomic mass is 10.1. The summed E-state index contributed by atoms with van der Waals surface area (Å²) in [5, 5.41) is 5.36. The molecule has 2 N–H and O–H groups in total. The number of amides is 2. The van der Waals surface area contributed by atoms with Gasteiger partial charge in [-0.25, -0.2) is 0 Å². The van der Waals surface area contributed by atoms with Gasteiger partial charge in [0.2, 0.25) is 18.6 Å². The first-order chi connectivity index (χ1) is 14.2. The molecule has 0 aromatic heterocycles. The van der Waals surface area contributed by atoms with E-state index in [1.807, 2.05) is 18.2 Å². The summed E-state index contributed by atoms with van der Waals surface area (Å²) in [6, 6.07) is 11.0. The van der Waals surface area contributed by atoms with Crippen molar-refractivity contribution in [3.8, 4) is 23.0 Å². The summed E-state index contributed by atoms with van der Waals surface area (Å²) in [6.07, 6.45) is 1.76. The van der Waals surface area contributed by atoms with E-state index in [0.717, 1.165) is 23.5 Å². The summed E-state index contributed by atoms with van der Waals surface area (Å²) in [7, 11) is 0. The summed E-state index contributed by atoms with van der Waals surface area (Å²) in [4.78, 5) is 24.0. The minimum absolute atomic E-state index is 0.0860. The molecule has 8 nitrogen and oxygen atoms in total. The number of rotatable bonds is 7. The maximum atomic E-state index is 12.0. The number of nitrogens with one attached hydrogen (secondary N) is 2. The molecule has 0 aliphatic carbocycles. The number of hydrogen-bond acceptors (Lipinski definition) is 6. The standard InChI is InChI=1S/C21H22N2O6/c24-20(3-1-2-14-4-6-16-18(10-14)27-9-8-26-16)22-12-21(25)23-15-5-7-17-19(11-15)29-13-28-17/h4-7,10-11H,1-3,8-9,12-13H2,(H,22,24)(H,23,25). The third-order valence-corrected chi connectivity index (χ3v) is 4.58. The number of hydrogen-bond donors (Lipinski definition) is 2. The van der Waals surface area contributed by atoms with E-state index in [0.29, 0.717) is 43.2 Å². The molecule has 0 bridgehead atoms. The molecule has 0 unspecified atom stereocenters. The van der Waals surface area contributed by atoms with E-state index in [9.17, 15) is 9.59 Å². The number of carbonyl (C=O) groups is 2. The molecule has 2 aromatic rings. The maximum Gasteiger partial charge on any atom is 0.243 e. The lowest BCUT2D eigenvalue weighted by Crippen LogP contribution is -2.32. The topological polar surface area (TPSA) is 95.1 Å². The molecular weight excluding hydrogens is 376 g/mol. The normalized spacial score (nSPS) is 13.7. The monoisotopic (exact) mass is 398 g/mol. The molecule has 2 aliphatic heterocycles. The van der Waals surface area contributed by atoms with E-state index >= 15 is 0 Å². The second kappa shape index (κ2) is 8.72. The molecule has 0 fully saturated rings. The summed E-state index contributed by atoms with van der Waals surface area (Å²) >= 11 is 0. The lowest BCUT2D eigenvalue weighted by molar-refractivity contribution is -0.124. The highest BCUT2D eigenvalue weighted by atomic mass is 16.7. The predicted octanol–water partition coefficient (Wildman–Crippen LogP) is 2.26. The van der Waals surface area contributed by atoms with Gasteiger partial charge in [-0.05, 0) is 42.7 Å². The van der Waals surface area contributed by atoms with Gasteiger partial charge in [-0.1, -0.05) is 6.07 Å². The number of carbonyl (C=O) groups excluding carboxylic acids is 2. The zero-order valence-corrected chi connectivity index (χ0v) is 15.9. The fraction of sp³-hybridized carbons (Fsp3) is 0.333. The molecule has 8 heteroatoms. The Morgan fingerprint density at radius 2 is 1.55 bits per heavy atom. The molecule has 0 saturated heterocycles. The van der Waals surface area contributed by atoms with Crippen LogP contribution in [-0.2, 0) is 16.0 Å². The van der Waals surface area contributed by atoms with Crippen LogP contribution in [-0.4, -0.2) is 38.4 Å². The van der Waals surface area contributed by atoms with Gasteiger partial charge in [-0.15, -0.1) is 0 Å². The third kappa shape index (κ3) is 4.90. The van der Waals surface area contributed by atoms with Crippen molar-refractivity contribution in [1.82, 2.24) is 5.32 Å². The van der Waals surface area contributed by atoms with Crippen LogP contribution in [0.3, 0.4) is 0 Å². The molecular formula is C21H22N2O6. The van der Waals surface area contributed by atoms with E-state index in [1.165, 1.54) is 0 Å². The van der Waals surface area contributed by atoms with E-state index in [-0.39, 0.29) is 25.2 Å². The van der Waals surface area contributed by atoms with Gasteiger partial charge in [0, 0.05) is 18.2 Å². The summed E-state index contributed by atoms with van der Waals surface area (Å²) in [6.45, 7) is 1.20. The summed E-state index contributed by atoms with van der Waals surface area (Å²) in [5.74, 6) is 2.28. The van der Waals surface area contributed by atoms with E-state index in [4.69, 9.17) is 18.9 Å². The van der Waals surface area contributed by atoms with Gasteiger partial charge in [0.1, 0.15) is 13.2 Å². The van der Waals surface area contributed by atoms with Crippen LogP contribution in [0, 0.1) is 0 Å². The molecule has 2 aliphatic rings. The van der Waals surface area contributed by atoms with Gasteiger partial charge in [0.25, 0.3) is 0 Å². The Kier molecular flexibility index (Phi) is 5.69. The van der Waals surface area contributed by atoms with Crippen LogP contribution >= 0.6 is 0 Å². The Balaban J connectivity index is 1.17. The molecule has 2 heterocycles. The maximum absolute atomic E-state index is 12.0. The van der Waals surface area contributed by atoms with Gasteiger partial charge >= 0.3 is 0 Å². The highest BCUT2D eigenvalue weighted by Crippen LogP contribution is 2.34. The summed E-state index contributed by atoms with van der Waals surface area (Å²) in [5.41, 5.74) is 1.68. The zero-order valence-electron chi connectivity index (χ0n) is 15.9.